The Kier molecular flexibility index (Phi) is 3.83. The number of rotatable bonds is 5. The number of ether oxygens (including phenoxy) is 2. The lowest BCUT2D eigenvalue weighted by molar-refractivity contribution is 0.232. The third-order valence-electron chi connectivity index (χ3n) is 2.52. The molecule has 0 fully saturated rings. The molecule has 1 N–H and O–H groups in total. The van der Waals surface area contributed by atoms with Crippen LogP contribution in [0.2, 0.25) is 0 Å². The minimum atomic E-state index is 0.0974. The number of hydrogen-bond acceptors (Lipinski definition) is 6. The second-order valence-corrected chi connectivity index (χ2v) is 5.55. The maximum atomic E-state index is 5.67. The Morgan fingerprint density at radius 1 is 1.14 bits per heavy atom. The lowest BCUT2D eigenvalue weighted by Gasteiger charge is -2.08. The van der Waals surface area contributed by atoms with Crippen LogP contribution < -0.4 is 9.47 Å². The molecular weight excluding hydrogens is 288 g/mol. The normalized spacial score (nSPS) is 10.8. The second-order valence-electron chi connectivity index (χ2n) is 4.56. The van der Waals surface area contributed by atoms with Crippen molar-refractivity contribution in [3.8, 4) is 27.4 Å². The molecule has 0 saturated carbocycles. The van der Waals surface area contributed by atoms with Crippen LogP contribution in [-0.4, -0.2) is 26.3 Å². The van der Waals surface area contributed by atoms with Gasteiger partial charge in [0.2, 0.25) is 5.88 Å². The lowest BCUT2D eigenvalue weighted by Crippen LogP contribution is -2.06. The molecule has 0 aliphatic carbocycles. The van der Waals surface area contributed by atoms with Crippen molar-refractivity contribution in [3.05, 3.63) is 36.8 Å². The number of nitrogens with one attached hydrogen (secondary N) is 1. The van der Waals surface area contributed by atoms with E-state index < -0.39 is 0 Å². The van der Waals surface area contributed by atoms with Gasteiger partial charge in [-0.2, -0.15) is 5.10 Å². The predicted octanol–water partition coefficient (Wildman–Crippen LogP) is 3.51. The Morgan fingerprint density at radius 2 is 2.05 bits per heavy atom. The molecule has 3 aromatic rings. The molecular formula is C14H14N4O2S. The summed E-state index contributed by atoms with van der Waals surface area (Å²) in [6.45, 7) is 3.91. The number of thiazole rings is 1. The quantitative estimate of drug-likeness (QED) is 0.780. The molecule has 7 heteroatoms. The summed E-state index contributed by atoms with van der Waals surface area (Å²) < 4.78 is 11.2. The highest BCUT2D eigenvalue weighted by molar-refractivity contribution is 7.16. The van der Waals surface area contributed by atoms with Gasteiger partial charge in [-0.1, -0.05) is 11.3 Å². The molecule has 0 aliphatic heterocycles. The molecule has 3 heterocycles. The van der Waals surface area contributed by atoms with Crippen LogP contribution in [0.4, 0.5) is 0 Å². The van der Waals surface area contributed by atoms with Gasteiger partial charge in [0.25, 0.3) is 5.19 Å². The van der Waals surface area contributed by atoms with E-state index in [9.17, 15) is 0 Å². The zero-order valence-electron chi connectivity index (χ0n) is 11.6. The van der Waals surface area contributed by atoms with E-state index in [2.05, 4.69) is 20.2 Å². The molecule has 0 saturated heterocycles. The highest BCUT2D eigenvalue weighted by atomic mass is 32.1. The summed E-state index contributed by atoms with van der Waals surface area (Å²) >= 11 is 1.44. The Hall–Kier alpha value is -2.41. The van der Waals surface area contributed by atoms with Gasteiger partial charge in [-0.05, 0) is 26.0 Å². The standard InChI is InChI=1S/C14H14N4O2S/c1-9(2)19-13-4-3-10(7-15-13)20-14-16-8-12(21-14)11-5-6-17-18-11/h3-9H,1-2H3,(H,17,18). The van der Waals surface area contributed by atoms with E-state index in [1.165, 1.54) is 11.3 Å². The second kappa shape index (κ2) is 5.92. The van der Waals surface area contributed by atoms with Crippen molar-refractivity contribution in [1.82, 2.24) is 20.2 Å². The van der Waals surface area contributed by atoms with Crippen molar-refractivity contribution in [1.29, 1.82) is 0 Å². The summed E-state index contributed by atoms with van der Waals surface area (Å²) in [4.78, 5) is 9.38. The van der Waals surface area contributed by atoms with E-state index in [-0.39, 0.29) is 6.10 Å². The summed E-state index contributed by atoms with van der Waals surface area (Å²) in [5.41, 5.74) is 0.918. The fourth-order valence-corrected chi connectivity index (χ4v) is 2.42. The van der Waals surface area contributed by atoms with Gasteiger partial charge in [-0.15, -0.1) is 0 Å². The third kappa shape index (κ3) is 3.38. The third-order valence-corrected chi connectivity index (χ3v) is 3.43. The first-order valence-electron chi connectivity index (χ1n) is 6.47. The lowest BCUT2D eigenvalue weighted by atomic mass is 10.4. The molecule has 3 rings (SSSR count). The molecule has 0 aromatic carbocycles. The van der Waals surface area contributed by atoms with E-state index in [0.29, 0.717) is 16.8 Å². The van der Waals surface area contributed by atoms with E-state index >= 15 is 0 Å². The van der Waals surface area contributed by atoms with Crippen LogP contribution in [-0.2, 0) is 0 Å². The first-order valence-corrected chi connectivity index (χ1v) is 7.28. The number of aromatic nitrogens is 4. The topological polar surface area (TPSA) is 72.9 Å². The van der Waals surface area contributed by atoms with Crippen molar-refractivity contribution in [3.63, 3.8) is 0 Å². The van der Waals surface area contributed by atoms with Gasteiger partial charge in [-0.25, -0.2) is 9.97 Å². The summed E-state index contributed by atoms with van der Waals surface area (Å²) in [6, 6.07) is 5.47. The average Bonchev–Trinajstić information content (AvgIpc) is 3.11. The summed E-state index contributed by atoms with van der Waals surface area (Å²) in [5, 5.41) is 7.36. The van der Waals surface area contributed by atoms with E-state index in [0.717, 1.165) is 10.6 Å². The van der Waals surface area contributed by atoms with Crippen LogP contribution in [0.25, 0.3) is 10.6 Å². The van der Waals surface area contributed by atoms with E-state index in [4.69, 9.17) is 9.47 Å². The van der Waals surface area contributed by atoms with Gasteiger partial charge in [0.1, 0.15) is 5.75 Å². The molecule has 0 atom stereocenters. The molecule has 108 valence electrons. The Balaban J connectivity index is 1.69. The highest BCUT2D eigenvalue weighted by Crippen LogP contribution is 2.31. The molecule has 6 nitrogen and oxygen atoms in total. The van der Waals surface area contributed by atoms with Crippen LogP contribution in [0.3, 0.4) is 0 Å². The minimum Gasteiger partial charge on any atom is -0.475 e. The van der Waals surface area contributed by atoms with Crippen LogP contribution in [0.5, 0.6) is 16.8 Å². The SMILES string of the molecule is CC(C)Oc1ccc(Oc2ncc(-c3ccn[nH]3)s2)cn1. The van der Waals surface area contributed by atoms with E-state index in [1.807, 2.05) is 26.0 Å². The Bertz CT molecular complexity index is 692. The number of nitrogens with zero attached hydrogens (tertiary/aromatic N) is 3. The predicted molar refractivity (Wildman–Crippen MR) is 79.8 cm³/mol. The van der Waals surface area contributed by atoms with Crippen molar-refractivity contribution in [2.24, 2.45) is 0 Å². The van der Waals surface area contributed by atoms with Gasteiger partial charge in [0.05, 0.1) is 29.1 Å². The van der Waals surface area contributed by atoms with Gasteiger partial charge >= 0.3 is 0 Å². The molecule has 0 unspecified atom stereocenters. The van der Waals surface area contributed by atoms with Crippen molar-refractivity contribution in [2.75, 3.05) is 0 Å². The molecule has 0 aliphatic rings. The molecule has 0 spiro atoms. The van der Waals surface area contributed by atoms with Crippen molar-refractivity contribution >= 4 is 11.3 Å². The zero-order chi connectivity index (χ0) is 14.7. The molecule has 3 aromatic heterocycles. The van der Waals surface area contributed by atoms with Crippen LogP contribution in [0, 0.1) is 0 Å². The largest absolute Gasteiger partial charge is 0.475 e. The summed E-state index contributed by atoms with van der Waals surface area (Å²) in [5.74, 6) is 1.20. The van der Waals surface area contributed by atoms with E-state index in [1.54, 1.807) is 24.7 Å². The first kappa shape index (κ1) is 13.6. The van der Waals surface area contributed by atoms with Crippen LogP contribution >= 0.6 is 11.3 Å². The molecule has 21 heavy (non-hydrogen) atoms. The van der Waals surface area contributed by atoms with Crippen molar-refractivity contribution in [2.45, 2.75) is 20.0 Å². The number of hydrogen-bond donors (Lipinski definition) is 1. The van der Waals surface area contributed by atoms with Crippen molar-refractivity contribution < 1.29 is 9.47 Å². The highest BCUT2D eigenvalue weighted by Gasteiger charge is 2.08. The smallest absolute Gasteiger partial charge is 0.279 e. The van der Waals surface area contributed by atoms with Gasteiger partial charge in [0.15, 0.2) is 0 Å². The Morgan fingerprint density at radius 3 is 2.71 bits per heavy atom. The monoisotopic (exact) mass is 302 g/mol. The number of pyridine rings is 1. The fraction of sp³-hybridized carbons (Fsp3) is 0.214. The number of H-pyrrole nitrogens is 1. The molecule has 0 amide bonds. The van der Waals surface area contributed by atoms with Gasteiger partial charge in [-0.3, -0.25) is 5.10 Å². The average molecular weight is 302 g/mol. The van der Waals surface area contributed by atoms with Gasteiger partial charge in [0, 0.05) is 12.3 Å². The first-order chi connectivity index (χ1) is 10.2. The number of aromatic amines is 1. The summed E-state index contributed by atoms with van der Waals surface area (Å²) in [6.07, 6.45) is 5.17. The Labute approximate surface area is 125 Å². The maximum absolute atomic E-state index is 5.67. The van der Waals surface area contributed by atoms with Crippen LogP contribution in [0.1, 0.15) is 13.8 Å². The molecule has 0 radical (unpaired) electrons. The zero-order valence-corrected chi connectivity index (χ0v) is 12.4. The van der Waals surface area contributed by atoms with Gasteiger partial charge < -0.3 is 9.47 Å². The van der Waals surface area contributed by atoms with Crippen LogP contribution in [0.15, 0.2) is 36.8 Å². The summed E-state index contributed by atoms with van der Waals surface area (Å²) in [7, 11) is 0. The minimum absolute atomic E-state index is 0.0974. The fourth-order valence-electron chi connectivity index (χ4n) is 1.66. The molecule has 0 bridgehead atoms. The maximum Gasteiger partial charge on any atom is 0.279 e.